The van der Waals surface area contributed by atoms with Crippen LogP contribution in [0, 0.1) is 6.92 Å². The van der Waals surface area contributed by atoms with E-state index in [4.69, 9.17) is 11.6 Å². The molecule has 0 aliphatic heterocycles. The van der Waals surface area contributed by atoms with E-state index in [0.29, 0.717) is 22.5 Å². The molecule has 0 saturated heterocycles. The number of alkyl halides is 3. The summed E-state index contributed by atoms with van der Waals surface area (Å²) in [5.41, 5.74) is 0.824. The third-order valence-electron chi connectivity index (χ3n) is 6.80. The predicted molar refractivity (Wildman–Crippen MR) is 162 cm³/mol. The van der Waals surface area contributed by atoms with Crippen LogP contribution in [0.5, 0.6) is 0 Å². The first-order valence-electron chi connectivity index (χ1n) is 13.7. The van der Waals surface area contributed by atoms with Crippen LogP contribution in [0.3, 0.4) is 0 Å². The van der Waals surface area contributed by atoms with Crippen molar-refractivity contribution in [3.05, 3.63) is 100 Å². The number of aryl methyl sites for hydroxylation is 1. The summed E-state index contributed by atoms with van der Waals surface area (Å²) in [6.07, 6.45) is -2.37. The van der Waals surface area contributed by atoms with Crippen molar-refractivity contribution in [1.29, 1.82) is 0 Å². The molecule has 1 atom stereocenters. The van der Waals surface area contributed by atoms with Gasteiger partial charge in [0.2, 0.25) is 21.8 Å². The van der Waals surface area contributed by atoms with Gasteiger partial charge in [0, 0.05) is 19.5 Å². The maximum atomic E-state index is 14.1. The summed E-state index contributed by atoms with van der Waals surface area (Å²) in [5.74, 6) is -1.18. The number of hydrogen-bond acceptors (Lipinski definition) is 4. The summed E-state index contributed by atoms with van der Waals surface area (Å²) < 4.78 is 67.1. The van der Waals surface area contributed by atoms with Crippen molar-refractivity contribution in [3.63, 3.8) is 0 Å². The van der Waals surface area contributed by atoms with Crippen LogP contribution in [0.4, 0.5) is 18.9 Å². The predicted octanol–water partition coefficient (Wildman–Crippen LogP) is 5.99. The lowest BCUT2D eigenvalue weighted by atomic mass is 10.0. The summed E-state index contributed by atoms with van der Waals surface area (Å²) in [5, 5.41) is 2.27. The van der Waals surface area contributed by atoms with Crippen LogP contribution in [0.1, 0.15) is 42.0 Å². The Morgan fingerprint density at radius 3 is 2.21 bits per heavy atom. The maximum Gasteiger partial charge on any atom is 0.417 e. The molecule has 0 unspecified atom stereocenters. The molecule has 3 rings (SSSR count). The average Bonchev–Trinajstić information content (AvgIpc) is 2.94. The zero-order valence-electron chi connectivity index (χ0n) is 24.2. The molecule has 0 bridgehead atoms. The smallest absolute Gasteiger partial charge is 0.354 e. The number of halogens is 4. The van der Waals surface area contributed by atoms with Crippen molar-refractivity contribution in [2.45, 2.75) is 51.9 Å². The van der Waals surface area contributed by atoms with Gasteiger partial charge in [-0.2, -0.15) is 13.2 Å². The Morgan fingerprint density at radius 2 is 1.63 bits per heavy atom. The van der Waals surface area contributed by atoms with Crippen LogP contribution in [-0.4, -0.2) is 50.5 Å². The normalized spacial score (nSPS) is 12.4. The second kappa shape index (κ2) is 14.7. The van der Waals surface area contributed by atoms with Gasteiger partial charge in [-0.05, 0) is 42.7 Å². The molecular formula is C31H35ClF3N3O4S. The van der Waals surface area contributed by atoms with Gasteiger partial charge in [-0.25, -0.2) is 8.42 Å². The minimum absolute atomic E-state index is 0.0379. The third kappa shape index (κ3) is 9.72. The number of benzene rings is 3. The van der Waals surface area contributed by atoms with Crippen LogP contribution < -0.4 is 9.62 Å². The quantitative estimate of drug-likeness (QED) is 0.233. The first-order valence-corrected chi connectivity index (χ1v) is 15.9. The summed E-state index contributed by atoms with van der Waals surface area (Å²) in [4.78, 5) is 28.9. The fourth-order valence-corrected chi connectivity index (χ4v) is 5.52. The second-order valence-electron chi connectivity index (χ2n) is 10.3. The number of nitrogens with one attached hydrogen (secondary N) is 1. The van der Waals surface area contributed by atoms with Gasteiger partial charge in [0.15, 0.2) is 0 Å². The lowest BCUT2D eigenvalue weighted by molar-refractivity contribution is -0.140. The topological polar surface area (TPSA) is 86.8 Å². The van der Waals surface area contributed by atoms with E-state index in [1.54, 1.807) is 24.3 Å². The van der Waals surface area contributed by atoms with Crippen LogP contribution in [0.15, 0.2) is 72.8 Å². The summed E-state index contributed by atoms with van der Waals surface area (Å²) in [6, 6.07) is 18.0. The fourth-order valence-electron chi connectivity index (χ4n) is 4.45. The van der Waals surface area contributed by atoms with E-state index < -0.39 is 51.2 Å². The number of anilines is 1. The molecule has 0 fully saturated rings. The van der Waals surface area contributed by atoms with E-state index in [1.807, 2.05) is 44.2 Å². The molecule has 3 aromatic rings. The van der Waals surface area contributed by atoms with Crippen LogP contribution >= 0.6 is 11.6 Å². The standard InChI is InChI=1S/C31H35ClF3N3O4S/c1-4-5-17-36-30(40)28(18-23-9-7-6-8-10-23)37(20-24-13-11-22(2)12-14-24)29(39)21-38(43(3,41)42)25-15-16-27(32)26(19-25)31(33,34)35/h6-16,19,28H,4-5,17-18,20-21H2,1-3H3,(H,36,40)/t28-/m0/s1. The minimum Gasteiger partial charge on any atom is -0.354 e. The van der Waals surface area contributed by atoms with Crippen molar-refractivity contribution in [2.24, 2.45) is 0 Å². The van der Waals surface area contributed by atoms with E-state index in [1.165, 1.54) is 4.90 Å². The number of unbranched alkanes of at least 4 members (excludes halogenated alkanes) is 1. The molecule has 1 N–H and O–H groups in total. The lowest BCUT2D eigenvalue weighted by Gasteiger charge is -2.33. The summed E-state index contributed by atoms with van der Waals surface area (Å²) >= 11 is 5.76. The highest BCUT2D eigenvalue weighted by molar-refractivity contribution is 7.92. The van der Waals surface area contributed by atoms with Crippen molar-refractivity contribution in [2.75, 3.05) is 23.7 Å². The van der Waals surface area contributed by atoms with Crippen LogP contribution in [0.25, 0.3) is 0 Å². The molecule has 0 aromatic heterocycles. The zero-order valence-corrected chi connectivity index (χ0v) is 25.8. The zero-order chi connectivity index (χ0) is 31.8. The second-order valence-corrected chi connectivity index (χ2v) is 12.6. The third-order valence-corrected chi connectivity index (χ3v) is 8.27. The Bertz CT molecular complexity index is 1500. The Kier molecular flexibility index (Phi) is 11.6. The molecule has 43 heavy (non-hydrogen) atoms. The van der Waals surface area contributed by atoms with Crippen LogP contribution in [-0.2, 0) is 38.8 Å². The minimum atomic E-state index is -4.85. The van der Waals surface area contributed by atoms with Gasteiger partial charge in [-0.3, -0.25) is 13.9 Å². The Balaban J connectivity index is 2.07. The number of carbonyl (C=O) groups excluding carboxylic acids is 2. The number of sulfonamides is 1. The molecule has 232 valence electrons. The van der Waals surface area contributed by atoms with Gasteiger partial charge < -0.3 is 10.2 Å². The van der Waals surface area contributed by atoms with E-state index in [0.717, 1.165) is 42.4 Å². The molecule has 0 saturated carbocycles. The highest BCUT2D eigenvalue weighted by Gasteiger charge is 2.36. The molecule has 3 aromatic carbocycles. The highest BCUT2D eigenvalue weighted by Crippen LogP contribution is 2.37. The highest BCUT2D eigenvalue weighted by atomic mass is 35.5. The van der Waals surface area contributed by atoms with Gasteiger partial charge in [0.05, 0.1) is 22.5 Å². The molecule has 0 heterocycles. The lowest BCUT2D eigenvalue weighted by Crippen LogP contribution is -2.53. The van der Waals surface area contributed by atoms with Gasteiger partial charge in [0.25, 0.3) is 0 Å². The molecule has 0 aliphatic carbocycles. The Hall–Kier alpha value is -3.57. The van der Waals surface area contributed by atoms with Crippen LogP contribution in [0.2, 0.25) is 5.02 Å². The number of amides is 2. The van der Waals surface area contributed by atoms with E-state index in [2.05, 4.69) is 5.32 Å². The maximum absolute atomic E-state index is 14.1. The molecule has 0 aliphatic rings. The molecular weight excluding hydrogens is 603 g/mol. The average molecular weight is 638 g/mol. The molecule has 12 heteroatoms. The van der Waals surface area contributed by atoms with Gasteiger partial charge in [-0.1, -0.05) is 85.1 Å². The Labute approximate surface area is 255 Å². The first kappa shape index (κ1) is 33.9. The monoisotopic (exact) mass is 637 g/mol. The summed E-state index contributed by atoms with van der Waals surface area (Å²) in [7, 11) is -4.25. The van der Waals surface area contributed by atoms with E-state index in [-0.39, 0.29) is 18.7 Å². The molecule has 2 amide bonds. The SMILES string of the molecule is CCCCNC(=O)[C@H](Cc1ccccc1)N(Cc1ccc(C)cc1)C(=O)CN(c1ccc(Cl)c(C(F)(F)F)c1)S(C)(=O)=O. The van der Waals surface area contributed by atoms with Gasteiger partial charge in [0.1, 0.15) is 12.6 Å². The van der Waals surface area contributed by atoms with Gasteiger partial charge >= 0.3 is 6.18 Å². The van der Waals surface area contributed by atoms with E-state index >= 15 is 0 Å². The number of rotatable bonds is 13. The number of hydrogen-bond donors (Lipinski definition) is 1. The Morgan fingerprint density at radius 1 is 0.977 bits per heavy atom. The largest absolute Gasteiger partial charge is 0.417 e. The summed E-state index contributed by atoms with van der Waals surface area (Å²) in [6.45, 7) is 3.38. The molecule has 7 nitrogen and oxygen atoms in total. The van der Waals surface area contributed by atoms with Crippen molar-refractivity contribution in [3.8, 4) is 0 Å². The van der Waals surface area contributed by atoms with Gasteiger partial charge in [-0.15, -0.1) is 0 Å². The fraction of sp³-hybridized carbons (Fsp3) is 0.355. The first-order chi connectivity index (χ1) is 20.2. The van der Waals surface area contributed by atoms with Crippen molar-refractivity contribution in [1.82, 2.24) is 10.2 Å². The van der Waals surface area contributed by atoms with E-state index in [9.17, 15) is 31.2 Å². The molecule has 0 spiro atoms. The van der Waals surface area contributed by atoms with Crippen molar-refractivity contribution < 1.29 is 31.2 Å². The number of carbonyl (C=O) groups is 2. The van der Waals surface area contributed by atoms with Crippen molar-refractivity contribution >= 4 is 39.1 Å². The molecule has 0 radical (unpaired) electrons. The number of nitrogens with zero attached hydrogens (tertiary/aromatic N) is 2.